The Morgan fingerprint density at radius 3 is 2.46 bits per heavy atom. The molecule has 1 fully saturated rings. The summed E-state index contributed by atoms with van der Waals surface area (Å²) in [6.45, 7) is 1.88. The molecule has 9 nitrogen and oxygen atoms in total. The van der Waals surface area contributed by atoms with Gasteiger partial charge in [-0.15, -0.1) is 0 Å². The van der Waals surface area contributed by atoms with Crippen molar-refractivity contribution in [1.29, 1.82) is 0 Å². The number of carbonyl (C=O) groups excluding carboxylic acids is 2. The second kappa shape index (κ2) is 8.90. The molecule has 35 heavy (non-hydrogen) atoms. The first-order valence-electron chi connectivity index (χ1n) is 11.5. The van der Waals surface area contributed by atoms with Crippen LogP contribution in [0.25, 0.3) is 11.1 Å². The van der Waals surface area contributed by atoms with E-state index < -0.39 is 23.5 Å². The van der Waals surface area contributed by atoms with Crippen LogP contribution < -0.4 is 5.32 Å². The van der Waals surface area contributed by atoms with Crippen molar-refractivity contribution >= 4 is 18.0 Å². The zero-order valence-corrected chi connectivity index (χ0v) is 19.2. The van der Waals surface area contributed by atoms with E-state index in [-0.39, 0.29) is 30.5 Å². The van der Waals surface area contributed by atoms with Crippen molar-refractivity contribution in [3.05, 3.63) is 77.5 Å². The van der Waals surface area contributed by atoms with Gasteiger partial charge in [-0.05, 0) is 42.0 Å². The normalized spacial score (nSPS) is 18.7. The maximum atomic E-state index is 13.0. The molecule has 1 saturated heterocycles. The first-order chi connectivity index (χ1) is 16.9. The summed E-state index contributed by atoms with van der Waals surface area (Å²) in [4.78, 5) is 42.5. The van der Waals surface area contributed by atoms with Crippen LogP contribution in [-0.2, 0) is 16.1 Å². The number of oxazole rings is 1. The van der Waals surface area contributed by atoms with E-state index in [1.54, 1.807) is 0 Å². The van der Waals surface area contributed by atoms with Crippen LogP contribution in [0.3, 0.4) is 0 Å². The fourth-order valence-electron chi connectivity index (χ4n) is 5.01. The van der Waals surface area contributed by atoms with Crippen LogP contribution >= 0.6 is 0 Å². The van der Waals surface area contributed by atoms with Crippen molar-refractivity contribution in [3.63, 3.8) is 0 Å². The summed E-state index contributed by atoms with van der Waals surface area (Å²) in [5.41, 5.74) is 3.18. The van der Waals surface area contributed by atoms with E-state index in [0.29, 0.717) is 19.4 Å². The molecule has 0 bridgehead atoms. The van der Waals surface area contributed by atoms with Gasteiger partial charge >= 0.3 is 12.1 Å². The number of ether oxygens (including phenoxy) is 1. The van der Waals surface area contributed by atoms with Crippen LogP contribution in [-0.4, -0.2) is 51.7 Å². The Morgan fingerprint density at radius 1 is 1.14 bits per heavy atom. The van der Waals surface area contributed by atoms with Gasteiger partial charge in [0.2, 0.25) is 0 Å². The van der Waals surface area contributed by atoms with E-state index in [9.17, 15) is 19.5 Å². The van der Waals surface area contributed by atoms with Crippen LogP contribution in [0, 0.1) is 0 Å². The Morgan fingerprint density at radius 2 is 1.80 bits per heavy atom. The highest BCUT2D eigenvalue weighted by molar-refractivity contribution is 5.97. The number of fused-ring (bicyclic) bond motifs is 3. The number of rotatable bonds is 6. The highest BCUT2D eigenvalue weighted by Crippen LogP contribution is 2.44. The monoisotopic (exact) mass is 475 g/mol. The molecule has 5 rings (SSSR count). The molecule has 2 N–H and O–H groups in total. The topological polar surface area (TPSA) is 122 Å². The number of carboxylic acid groups (broad SMARTS) is 1. The van der Waals surface area contributed by atoms with Gasteiger partial charge in [0.25, 0.3) is 5.91 Å². The molecule has 2 amide bonds. The average Bonchev–Trinajstić information content (AvgIpc) is 3.57. The van der Waals surface area contributed by atoms with Crippen LogP contribution in [0.5, 0.6) is 0 Å². The molecule has 0 unspecified atom stereocenters. The number of amides is 2. The number of alkyl carbamates (subject to hydrolysis) is 1. The lowest BCUT2D eigenvalue weighted by Gasteiger charge is -2.30. The molecular formula is C26H25N3O6. The molecule has 2 heterocycles. The summed E-state index contributed by atoms with van der Waals surface area (Å²) < 4.78 is 10.8. The number of likely N-dealkylation sites (tertiary alicyclic amines) is 1. The second-order valence-electron chi connectivity index (χ2n) is 8.94. The summed E-state index contributed by atoms with van der Waals surface area (Å²) >= 11 is 0. The van der Waals surface area contributed by atoms with Crippen LogP contribution in [0.1, 0.15) is 53.1 Å². The third kappa shape index (κ3) is 3.92. The van der Waals surface area contributed by atoms with Gasteiger partial charge in [0.1, 0.15) is 12.1 Å². The van der Waals surface area contributed by atoms with Gasteiger partial charge in [-0.1, -0.05) is 48.5 Å². The van der Waals surface area contributed by atoms with E-state index >= 15 is 0 Å². The van der Waals surface area contributed by atoms with Gasteiger partial charge in [0.05, 0.1) is 6.54 Å². The molecule has 180 valence electrons. The first-order valence-corrected chi connectivity index (χ1v) is 11.5. The molecule has 0 saturated carbocycles. The highest BCUT2D eigenvalue weighted by Gasteiger charge is 2.47. The Labute approximate surface area is 201 Å². The zero-order valence-electron chi connectivity index (χ0n) is 19.2. The molecule has 1 atom stereocenters. The Bertz CT molecular complexity index is 1260. The average molecular weight is 476 g/mol. The molecule has 0 spiro atoms. The number of benzene rings is 2. The SMILES string of the molecule is C[C@]1(C(=O)O)CCCN1C(=O)c1ncoc1CNC(=O)OCC1c2ccccc2-c2ccccc21. The smallest absolute Gasteiger partial charge is 0.407 e. The lowest BCUT2D eigenvalue weighted by Crippen LogP contribution is -2.51. The third-order valence-electron chi connectivity index (χ3n) is 6.93. The number of nitrogens with zero attached hydrogens (tertiary/aromatic N) is 2. The molecule has 1 aliphatic carbocycles. The van der Waals surface area contributed by atoms with E-state index in [1.807, 2.05) is 36.4 Å². The highest BCUT2D eigenvalue weighted by atomic mass is 16.5. The maximum Gasteiger partial charge on any atom is 0.407 e. The van der Waals surface area contributed by atoms with Crippen molar-refractivity contribution in [2.24, 2.45) is 0 Å². The minimum Gasteiger partial charge on any atom is -0.480 e. The molecular weight excluding hydrogens is 450 g/mol. The van der Waals surface area contributed by atoms with Crippen molar-refractivity contribution in [1.82, 2.24) is 15.2 Å². The van der Waals surface area contributed by atoms with Crippen LogP contribution in [0.4, 0.5) is 4.79 Å². The van der Waals surface area contributed by atoms with E-state index in [0.717, 1.165) is 28.6 Å². The Kier molecular flexibility index (Phi) is 5.76. The number of hydrogen-bond donors (Lipinski definition) is 2. The van der Waals surface area contributed by atoms with Crippen molar-refractivity contribution in [2.45, 2.75) is 37.8 Å². The first kappa shape index (κ1) is 22.6. The summed E-state index contributed by atoms with van der Waals surface area (Å²) in [6.07, 6.45) is 1.40. The molecule has 1 aromatic heterocycles. The van der Waals surface area contributed by atoms with E-state index in [4.69, 9.17) is 9.15 Å². The number of nitrogens with one attached hydrogen (secondary N) is 1. The van der Waals surface area contributed by atoms with Gasteiger partial charge in [-0.25, -0.2) is 14.6 Å². The summed E-state index contributed by atoms with van der Waals surface area (Å²) in [7, 11) is 0. The van der Waals surface area contributed by atoms with Crippen LogP contribution in [0.15, 0.2) is 59.3 Å². The number of aliphatic carboxylic acids is 1. The number of hydrogen-bond acceptors (Lipinski definition) is 6. The maximum absolute atomic E-state index is 13.0. The lowest BCUT2D eigenvalue weighted by molar-refractivity contribution is -0.147. The predicted molar refractivity (Wildman–Crippen MR) is 125 cm³/mol. The number of carbonyl (C=O) groups is 3. The number of carboxylic acids is 1. The Balaban J connectivity index is 1.22. The van der Waals surface area contributed by atoms with E-state index in [2.05, 4.69) is 22.4 Å². The predicted octanol–water partition coefficient (Wildman–Crippen LogP) is 3.79. The van der Waals surface area contributed by atoms with Gasteiger partial charge in [-0.2, -0.15) is 0 Å². The van der Waals surface area contributed by atoms with Gasteiger partial charge < -0.3 is 24.5 Å². The fraction of sp³-hybridized carbons (Fsp3) is 0.308. The lowest BCUT2D eigenvalue weighted by atomic mass is 9.98. The molecule has 9 heteroatoms. The van der Waals surface area contributed by atoms with Crippen LogP contribution in [0.2, 0.25) is 0 Å². The molecule has 2 aromatic carbocycles. The van der Waals surface area contributed by atoms with Crippen molar-refractivity contribution in [3.8, 4) is 11.1 Å². The second-order valence-corrected chi connectivity index (χ2v) is 8.94. The number of aromatic nitrogens is 1. The quantitative estimate of drug-likeness (QED) is 0.556. The van der Waals surface area contributed by atoms with Gasteiger partial charge in [0, 0.05) is 12.5 Å². The molecule has 1 aliphatic heterocycles. The van der Waals surface area contributed by atoms with Crippen molar-refractivity contribution in [2.75, 3.05) is 13.2 Å². The third-order valence-corrected chi connectivity index (χ3v) is 6.93. The van der Waals surface area contributed by atoms with Crippen molar-refractivity contribution < 1.29 is 28.6 Å². The Hall–Kier alpha value is -4.14. The van der Waals surface area contributed by atoms with Gasteiger partial charge in [-0.3, -0.25) is 4.79 Å². The molecule has 3 aromatic rings. The molecule has 0 radical (unpaired) electrons. The minimum absolute atomic E-state index is 0.0154. The van der Waals surface area contributed by atoms with Gasteiger partial charge in [0.15, 0.2) is 17.8 Å². The molecule has 2 aliphatic rings. The zero-order chi connectivity index (χ0) is 24.6. The standard InChI is InChI=1S/C26H25N3O6/c1-26(24(31)32)11-6-12-29(26)23(30)22-21(35-15-28-22)13-27-25(33)34-14-20-18-9-4-2-7-16(18)17-8-3-5-10-19(17)20/h2-5,7-10,15,20H,6,11-14H2,1H3,(H,27,33)(H,31,32)/t26-/m1/s1. The fourth-order valence-corrected chi connectivity index (χ4v) is 5.01. The van der Waals surface area contributed by atoms with E-state index in [1.165, 1.54) is 11.8 Å². The summed E-state index contributed by atoms with van der Waals surface area (Å²) in [5.74, 6) is -1.53. The summed E-state index contributed by atoms with van der Waals surface area (Å²) in [6, 6.07) is 16.1. The minimum atomic E-state index is -1.30. The largest absolute Gasteiger partial charge is 0.480 e. The summed E-state index contributed by atoms with van der Waals surface area (Å²) in [5, 5.41) is 12.2.